The van der Waals surface area contributed by atoms with Gasteiger partial charge in [0.15, 0.2) is 0 Å². The first-order chi connectivity index (χ1) is 8.84. The molecule has 94 valence electrons. The summed E-state index contributed by atoms with van der Waals surface area (Å²) >= 11 is 1.82. The van der Waals surface area contributed by atoms with Crippen molar-refractivity contribution in [2.75, 3.05) is 6.54 Å². The van der Waals surface area contributed by atoms with Gasteiger partial charge >= 0.3 is 0 Å². The number of hydrogen-bond acceptors (Lipinski definition) is 3. The first-order valence-corrected chi connectivity index (χ1v) is 7.29. The molecule has 3 heteroatoms. The second-order valence-electron chi connectivity index (χ2n) is 4.87. The fourth-order valence-electron chi connectivity index (χ4n) is 2.73. The lowest BCUT2D eigenvalue weighted by Gasteiger charge is -2.25. The van der Waals surface area contributed by atoms with E-state index in [0.717, 1.165) is 19.5 Å². The highest BCUT2D eigenvalue weighted by Gasteiger charge is 2.33. The molecule has 0 saturated carbocycles. The summed E-state index contributed by atoms with van der Waals surface area (Å²) in [5.41, 5.74) is 7.65. The Balaban J connectivity index is 1.79. The molecule has 0 amide bonds. The van der Waals surface area contributed by atoms with E-state index < -0.39 is 0 Å². The van der Waals surface area contributed by atoms with Crippen LogP contribution in [0, 0.1) is 0 Å². The standard InChI is InChI=1S/C15H18N2S/c16-13-8-9-17(11-12-5-2-1-3-6-12)15(13)14-7-4-10-18-14/h1-7,10,13,15H,8-9,11,16H2. The molecule has 2 unspecified atom stereocenters. The van der Waals surface area contributed by atoms with E-state index in [1.165, 1.54) is 10.4 Å². The van der Waals surface area contributed by atoms with Crippen LogP contribution in [-0.4, -0.2) is 17.5 Å². The molecule has 3 rings (SSSR count). The van der Waals surface area contributed by atoms with Crippen LogP contribution in [0.2, 0.25) is 0 Å². The van der Waals surface area contributed by atoms with Gasteiger partial charge in [-0.3, -0.25) is 4.90 Å². The van der Waals surface area contributed by atoms with Crippen LogP contribution in [-0.2, 0) is 6.54 Å². The van der Waals surface area contributed by atoms with Crippen LogP contribution in [0.5, 0.6) is 0 Å². The second-order valence-corrected chi connectivity index (χ2v) is 5.85. The third-order valence-electron chi connectivity index (χ3n) is 3.61. The summed E-state index contributed by atoms with van der Waals surface area (Å²) in [4.78, 5) is 3.90. The van der Waals surface area contributed by atoms with Crippen molar-refractivity contribution in [2.45, 2.75) is 25.0 Å². The van der Waals surface area contributed by atoms with Crippen molar-refractivity contribution in [3.63, 3.8) is 0 Å². The van der Waals surface area contributed by atoms with Crippen molar-refractivity contribution in [2.24, 2.45) is 5.73 Å². The molecule has 1 aromatic heterocycles. The molecule has 2 atom stereocenters. The van der Waals surface area contributed by atoms with Crippen LogP contribution in [0.15, 0.2) is 47.8 Å². The number of benzene rings is 1. The Labute approximate surface area is 112 Å². The summed E-state index contributed by atoms with van der Waals surface area (Å²) in [6.45, 7) is 2.09. The maximum atomic E-state index is 6.28. The van der Waals surface area contributed by atoms with Gasteiger partial charge in [0.25, 0.3) is 0 Å². The lowest BCUT2D eigenvalue weighted by atomic mass is 10.1. The van der Waals surface area contributed by atoms with Gasteiger partial charge < -0.3 is 5.73 Å². The summed E-state index contributed by atoms with van der Waals surface area (Å²) in [6.07, 6.45) is 1.09. The minimum absolute atomic E-state index is 0.271. The molecule has 0 aliphatic carbocycles. The average molecular weight is 258 g/mol. The minimum atomic E-state index is 0.271. The van der Waals surface area contributed by atoms with Gasteiger partial charge in [0, 0.05) is 24.0 Å². The van der Waals surface area contributed by atoms with Crippen LogP contribution in [0.25, 0.3) is 0 Å². The Morgan fingerprint density at radius 2 is 2.00 bits per heavy atom. The monoisotopic (exact) mass is 258 g/mol. The van der Waals surface area contributed by atoms with Gasteiger partial charge in [-0.25, -0.2) is 0 Å². The summed E-state index contributed by atoms with van der Waals surface area (Å²) in [5, 5.41) is 2.14. The molecule has 0 radical (unpaired) electrons. The molecule has 1 aliphatic rings. The van der Waals surface area contributed by atoms with E-state index in [9.17, 15) is 0 Å². The quantitative estimate of drug-likeness (QED) is 0.917. The summed E-state index contributed by atoms with van der Waals surface area (Å²) in [5.74, 6) is 0. The van der Waals surface area contributed by atoms with Crippen molar-refractivity contribution in [1.82, 2.24) is 4.90 Å². The second kappa shape index (κ2) is 5.22. The van der Waals surface area contributed by atoms with Gasteiger partial charge in [0.1, 0.15) is 0 Å². The topological polar surface area (TPSA) is 29.3 Å². The van der Waals surface area contributed by atoms with E-state index in [0.29, 0.717) is 6.04 Å². The highest BCUT2D eigenvalue weighted by molar-refractivity contribution is 7.10. The molecular formula is C15H18N2S. The van der Waals surface area contributed by atoms with E-state index >= 15 is 0 Å². The predicted octanol–water partition coefficient (Wildman–Crippen LogP) is 3.02. The number of nitrogens with zero attached hydrogens (tertiary/aromatic N) is 1. The first kappa shape index (κ1) is 11.9. The lowest BCUT2D eigenvalue weighted by molar-refractivity contribution is 0.242. The molecule has 2 aromatic rings. The molecule has 2 N–H and O–H groups in total. The normalized spacial score (nSPS) is 24.5. The molecule has 0 bridgehead atoms. The predicted molar refractivity (Wildman–Crippen MR) is 76.5 cm³/mol. The van der Waals surface area contributed by atoms with Crippen LogP contribution >= 0.6 is 11.3 Å². The fraction of sp³-hybridized carbons (Fsp3) is 0.333. The Bertz CT molecular complexity index is 480. The van der Waals surface area contributed by atoms with Gasteiger partial charge in [0.05, 0.1) is 6.04 Å². The zero-order valence-corrected chi connectivity index (χ0v) is 11.1. The summed E-state index contributed by atoms with van der Waals surface area (Å²) in [7, 11) is 0. The molecular weight excluding hydrogens is 240 g/mol. The van der Waals surface area contributed by atoms with Crippen LogP contribution in [0.1, 0.15) is 22.9 Å². The number of thiophene rings is 1. The Kier molecular flexibility index (Phi) is 3.46. The Hall–Kier alpha value is -1.16. The molecule has 18 heavy (non-hydrogen) atoms. The van der Waals surface area contributed by atoms with Crippen molar-refractivity contribution in [3.8, 4) is 0 Å². The average Bonchev–Trinajstić information content (AvgIpc) is 3.01. The van der Waals surface area contributed by atoms with Gasteiger partial charge in [-0.05, 0) is 23.4 Å². The highest BCUT2D eigenvalue weighted by Crippen LogP contribution is 2.34. The molecule has 0 spiro atoms. The van der Waals surface area contributed by atoms with Gasteiger partial charge in [-0.1, -0.05) is 36.4 Å². The largest absolute Gasteiger partial charge is 0.326 e. The van der Waals surface area contributed by atoms with Crippen molar-refractivity contribution in [3.05, 3.63) is 58.3 Å². The van der Waals surface area contributed by atoms with Gasteiger partial charge in [-0.2, -0.15) is 0 Å². The minimum Gasteiger partial charge on any atom is -0.326 e. The number of nitrogens with two attached hydrogens (primary N) is 1. The lowest BCUT2D eigenvalue weighted by Crippen LogP contribution is -2.30. The van der Waals surface area contributed by atoms with Gasteiger partial charge in [-0.15, -0.1) is 11.3 Å². The first-order valence-electron chi connectivity index (χ1n) is 6.41. The third-order valence-corrected chi connectivity index (χ3v) is 4.55. The molecule has 1 saturated heterocycles. The van der Waals surface area contributed by atoms with Crippen molar-refractivity contribution >= 4 is 11.3 Å². The Morgan fingerprint density at radius 3 is 2.72 bits per heavy atom. The third kappa shape index (κ3) is 2.34. The molecule has 2 nitrogen and oxygen atoms in total. The van der Waals surface area contributed by atoms with E-state index in [-0.39, 0.29) is 6.04 Å². The number of rotatable bonds is 3. The fourth-order valence-corrected chi connectivity index (χ4v) is 3.66. The van der Waals surface area contributed by atoms with E-state index in [1.807, 2.05) is 11.3 Å². The van der Waals surface area contributed by atoms with Crippen molar-refractivity contribution < 1.29 is 0 Å². The van der Waals surface area contributed by atoms with E-state index in [4.69, 9.17) is 5.73 Å². The van der Waals surface area contributed by atoms with Crippen molar-refractivity contribution in [1.29, 1.82) is 0 Å². The number of hydrogen-bond donors (Lipinski definition) is 1. The maximum absolute atomic E-state index is 6.28. The Morgan fingerprint density at radius 1 is 1.17 bits per heavy atom. The molecule has 1 aliphatic heterocycles. The van der Waals surface area contributed by atoms with E-state index in [1.54, 1.807) is 0 Å². The zero-order chi connectivity index (χ0) is 12.4. The molecule has 1 aromatic carbocycles. The summed E-state index contributed by atoms with van der Waals surface area (Å²) in [6, 6.07) is 15.6. The van der Waals surface area contributed by atoms with Crippen LogP contribution in [0.3, 0.4) is 0 Å². The van der Waals surface area contributed by atoms with Crippen LogP contribution in [0.4, 0.5) is 0 Å². The zero-order valence-electron chi connectivity index (χ0n) is 10.3. The number of likely N-dealkylation sites (tertiary alicyclic amines) is 1. The smallest absolute Gasteiger partial charge is 0.0596 e. The van der Waals surface area contributed by atoms with E-state index in [2.05, 4.69) is 52.7 Å². The maximum Gasteiger partial charge on any atom is 0.0596 e. The van der Waals surface area contributed by atoms with Crippen LogP contribution < -0.4 is 5.73 Å². The molecule has 1 fully saturated rings. The summed E-state index contributed by atoms with van der Waals surface area (Å²) < 4.78 is 0. The SMILES string of the molecule is NC1CCN(Cc2ccccc2)C1c1cccs1. The highest BCUT2D eigenvalue weighted by atomic mass is 32.1. The molecule has 2 heterocycles. The van der Waals surface area contributed by atoms with Gasteiger partial charge in [0.2, 0.25) is 0 Å².